The van der Waals surface area contributed by atoms with E-state index in [-0.39, 0.29) is 0 Å². The van der Waals surface area contributed by atoms with Gasteiger partial charge in [-0.05, 0) is 54.2 Å². The highest BCUT2D eigenvalue weighted by atomic mass is 32.3. The highest BCUT2D eigenvalue weighted by Crippen LogP contribution is 2.65. The summed E-state index contributed by atoms with van der Waals surface area (Å²) < 4.78 is 2.26. The van der Waals surface area contributed by atoms with Crippen molar-refractivity contribution in [2.45, 2.75) is 4.90 Å². The normalized spacial score (nSPS) is 13.2. The van der Waals surface area contributed by atoms with Gasteiger partial charge in [0, 0.05) is 16.5 Å². The number of para-hydroxylation sites is 1. The van der Waals surface area contributed by atoms with Crippen LogP contribution >= 0.6 is 20.5 Å². The van der Waals surface area contributed by atoms with Gasteiger partial charge in [-0.15, -0.1) is 11.3 Å². The summed E-state index contributed by atoms with van der Waals surface area (Å²) in [6.45, 7) is 0. The molecule has 0 atom stereocenters. The number of benzene rings is 3. The van der Waals surface area contributed by atoms with Crippen LogP contribution in [-0.2, 0) is 0 Å². The zero-order valence-corrected chi connectivity index (χ0v) is 17.8. The summed E-state index contributed by atoms with van der Waals surface area (Å²) in [5.74, 6) is 0. The van der Waals surface area contributed by atoms with E-state index in [4.69, 9.17) is 0 Å². The molecule has 3 aromatic carbocycles. The van der Waals surface area contributed by atoms with Gasteiger partial charge in [0.05, 0.1) is 20.7 Å². The summed E-state index contributed by atoms with van der Waals surface area (Å²) in [4.78, 5) is 1.40. The van der Waals surface area contributed by atoms with Crippen molar-refractivity contribution in [3.05, 3.63) is 66.2 Å². The van der Waals surface area contributed by atoms with Gasteiger partial charge >= 0.3 is 0 Å². The first kappa shape index (κ1) is 17.9. The molecule has 1 aromatic heterocycles. The van der Waals surface area contributed by atoms with Crippen LogP contribution in [-0.4, -0.2) is 25.0 Å². The Bertz CT molecular complexity index is 1210. The Morgan fingerprint density at radius 1 is 0.778 bits per heavy atom. The van der Waals surface area contributed by atoms with E-state index in [1.165, 1.54) is 20.7 Å². The highest BCUT2D eigenvalue weighted by Gasteiger charge is 2.24. The SMILES string of the molecule is C[SH](C)(C)(C)c1ccccc1Nc1cccc2c1sc1c(C#N)cccc12. The molecule has 1 N–H and O–H groups in total. The van der Waals surface area contributed by atoms with Crippen molar-refractivity contribution in [3.63, 3.8) is 0 Å². The second-order valence-corrected chi connectivity index (χ2v) is 17.5. The Morgan fingerprint density at radius 2 is 1.41 bits per heavy atom. The van der Waals surface area contributed by atoms with E-state index in [0.29, 0.717) is 0 Å². The number of anilines is 2. The minimum Gasteiger partial charge on any atom is -0.354 e. The fraction of sp³-hybridized carbons (Fsp3) is 0.174. The number of nitrogens with one attached hydrogen (secondary N) is 1. The van der Waals surface area contributed by atoms with E-state index in [1.54, 1.807) is 11.3 Å². The Kier molecular flexibility index (Phi) is 3.99. The summed E-state index contributed by atoms with van der Waals surface area (Å²) in [7, 11) is -1.92. The maximum Gasteiger partial charge on any atom is 0.101 e. The summed E-state index contributed by atoms with van der Waals surface area (Å²) in [6.07, 6.45) is 9.52. The largest absolute Gasteiger partial charge is 0.354 e. The van der Waals surface area contributed by atoms with Crippen LogP contribution in [0.1, 0.15) is 5.56 Å². The van der Waals surface area contributed by atoms with Gasteiger partial charge in [0.2, 0.25) is 0 Å². The Balaban J connectivity index is 1.92. The third kappa shape index (κ3) is 3.18. The van der Waals surface area contributed by atoms with Crippen LogP contribution in [0.2, 0.25) is 0 Å². The fourth-order valence-electron chi connectivity index (χ4n) is 3.51. The van der Waals surface area contributed by atoms with Gasteiger partial charge in [-0.25, -0.2) is 0 Å². The lowest BCUT2D eigenvalue weighted by Gasteiger charge is -2.48. The molecular weight excluding hydrogens is 368 g/mol. The van der Waals surface area contributed by atoms with Gasteiger partial charge in [-0.3, -0.25) is 9.16 Å². The van der Waals surface area contributed by atoms with E-state index in [0.717, 1.165) is 21.3 Å². The second kappa shape index (κ2) is 6.02. The first-order chi connectivity index (χ1) is 12.7. The lowest BCUT2D eigenvalue weighted by Crippen LogP contribution is -2.12. The molecule has 138 valence electrons. The lowest BCUT2D eigenvalue weighted by atomic mass is 10.1. The van der Waals surface area contributed by atoms with E-state index in [1.807, 2.05) is 12.1 Å². The van der Waals surface area contributed by atoms with Gasteiger partial charge in [-0.1, -0.05) is 36.4 Å². The molecule has 4 heteroatoms. The number of hydrogen-bond acceptors (Lipinski definition) is 3. The molecule has 0 spiro atoms. The van der Waals surface area contributed by atoms with Gasteiger partial charge in [0.15, 0.2) is 0 Å². The molecule has 0 aliphatic carbocycles. The molecule has 27 heavy (non-hydrogen) atoms. The second-order valence-electron chi connectivity index (χ2n) is 8.80. The van der Waals surface area contributed by atoms with Crippen molar-refractivity contribution >= 4 is 52.0 Å². The van der Waals surface area contributed by atoms with Crippen LogP contribution in [0, 0.1) is 11.3 Å². The average Bonchev–Trinajstić information content (AvgIpc) is 3.00. The van der Waals surface area contributed by atoms with E-state index >= 15 is 0 Å². The topological polar surface area (TPSA) is 35.8 Å². The number of fused-ring (bicyclic) bond motifs is 3. The summed E-state index contributed by atoms with van der Waals surface area (Å²) in [5.41, 5.74) is 3.02. The van der Waals surface area contributed by atoms with Crippen molar-refractivity contribution < 1.29 is 0 Å². The zero-order valence-electron chi connectivity index (χ0n) is 16.1. The van der Waals surface area contributed by atoms with Crippen molar-refractivity contribution in [1.82, 2.24) is 0 Å². The summed E-state index contributed by atoms with van der Waals surface area (Å²) in [6, 6.07) is 23.3. The fourth-order valence-corrected chi connectivity index (χ4v) is 6.52. The predicted molar refractivity (Wildman–Crippen MR) is 125 cm³/mol. The minimum atomic E-state index is -1.92. The molecule has 4 rings (SSSR count). The van der Waals surface area contributed by atoms with Crippen molar-refractivity contribution in [3.8, 4) is 6.07 Å². The maximum absolute atomic E-state index is 9.47. The van der Waals surface area contributed by atoms with Crippen molar-refractivity contribution in [1.29, 1.82) is 5.26 Å². The first-order valence-electron chi connectivity index (χ1n) is 8.96. The van der Waals surface area contributed by atoms with Crippen molar-refractivity contribution in [2.24, 2.45) is 0 Å². The number of nitriles is 1. The van der Waals surface area contributed by atoms with E-state index in [2.05, 4.69) is 84.9 Å². The average molecular weight is 393 g/mol. The zero-order chi connectivity index (χ0) is 19.3. The molecular formula is C23H24N2S2. The van der Waals surface area contributed by atoms with Gasteiger partial charge in [-0.2, -0.15) is 5.26 Å². The van der Waals surface area contributed by atoms with Crippen LogP contribution in [0.3, 0.4) is 0 Å². The van der Waals surface area contributed by atoms with Gasteiger partial charge < -0.3 is 5.32 Å². The molecule has 4 aromatic rings. The molecule has 0 fully saturated rings. The molecule has 0 amide bonds. The highest BCUT2D eigenvalue weighted by molar-refractivity contribution is 8.47. The molecule has 0 aliphatic rings. The van der Waals surface area contributed by atoms with Crippen LogP contribution in [0.5, 0.6) is 0 Å². The van der Waals surface area contributed by atoms with Crippen LogP contribution in [0.15, 0.2) is 65.6 Å². The number of hydrogen-bond donors (Lipinski definition) is 2. The molecule has 2 nitrogen and oxygen atoms in total. The van der Waals surface area contributed by atoms with Gasteiger partial charge in [0.1, 0.15) is 6.07 Å². The quantitative estimate of drug-likeness (QED) is 0.384. The number of nitrogens with zero attached hydrogens (tertiary/aromatic N) is 1. The lowest BCUT2D eigenvalue weighted by molar-refractivity contribution is 1.38. The monoisotopic (exact) mass is 392 g/mol. The van der Waals surface area contributed by atoms with Crippen LogP contribution in [0.25, 0.3) is 20.2 Å². The maximum atomic E-state index is 9.47. The van der Waals surface area contributed by atoms with Crippen LogP contribution in [0.4, 0.5) is 11.4 Å². The number of thiol groups is 1. The minimum absolute atomic E-state index is 0.745. The number of rotatable bonds is 3. The molecule has 0 unspecified atom stereocenters. The van der Waals surface area contributed by atoms with Gasteiger partial charge in [0.25, 0.3) is 0 Å². The van der Waals surface area contributed by atoms with E-state index in [9.17, 15) is 5.26 Å². The Labute approximate surface area is 164 Å². The van der Waals surface area contributed by atoms with Crippen molar-refractivity contribution in [2.75, 3.05) is 30.3 Å². The molecule has 0 aliphatic heterocycles. The smallest absolute Gasteiger partial charge is 0.101 e. The molecule has 0 saturated heterocycles. The molecule has 0 radical (unpaired) electrons. The molecule has 0 saturated carbocycles. The summed E-state index contributed by atoms with van der Waals surface area (Å²) >= 11 is 1.70. The first-order valence-corrected chi connectivity index (χ1v) is 13.8. The summed E-state index contributed by atoms with van der Waals surface area (Å²) in [5, 5.41) is 15.5. The standard InChI is InChI=1S/C23H24N2S2/c1-27(2,3,4)21-14-6-5-12-19(21)25-20-13-8-11-18-17-10-7-9-16(15-24)22(17)26-23(18)20/h5-14,25,27H,1-4H3. The molecule has 0 bridgehead atoms. The predicted octanol–water partition coefficient (Wildman–Crippen LogP) is 6.62. The third-order valence-corrected chi connectivity index (χ3v) is 8.39. The Hall–Kier alpha value is -2.48. The third-order valence-electron chi connectivity index (χ3n) is 4.78. The number of thiophene rings is 1. The van der Waals surface area contributed by atoms with Crippen LogP contribution < -0.4 is 5.32 Å². The van der Waals surface area contributed by atoms with E-state index < -0.39 is 9.16 Å². The molecule has 1 heterocycles. The Morgan fingerprint density at radius 3 is 2.11 bits per heavy atom.